The predicted octanol–water partition coefficient (Wildman–Crippen LogP) is 5.17. The van der Waals surface area contributed by atoms with Gasteiger partial charge in [-0.3, -0.25) is 0 Å². The monoisotopic (exact) mass is 506 g/mol. The summed E-state index contributed by atoms with van der Waals surface area (Å²) in [6, 6.07) is 6.88. The first-order valence-corrected chi connectivity index (χ1v) is 12.4. The van der Waals surface area contributed by atoms with E-state index in [0.29, 0.717) is 36.2 Å². The van der Waals surface area contributed by atoms with Crippen molar-refractivity contribution in [2.75, 3.05) is 26.2 Å². The van der Waals surface area contributed by atoms with Gasteiger partial charge in [0.05, 0.1) is 13.1 Å². The average Bonchev–Trinajstić information content (AvgIpc) is 2.90. The van der Waals surface area contributed by atoms with E-state index < -0.39 is 5.60 Å². The van der Waals surface area contributed by atoms with Gasteiger partial charge in [-0.1, -0.05) is 0 Å². The summed E-state index contributed by atoms with van der Waals surface area (Å²) in [5, 5.41) is 3.28. The minimum absolute atomic E-state index is 0.0324. The van der Waals surface area contributed by atoms with E-state index in [4.69, 9.17) is 27.4 Å². The van der Waals surface area contributed by atoms with E-state index in [2.05, 4.69) is 25.0 Å². The topological polar surface area (TPSA) is 94.5 Å². The van der Waals surface area contributed by atoms with Crippen LogP contribution in [0.25, 0.3) is 9.69 Å². The van der Waals surface area contributed by atoms with Gasteiger partial charge >= 0.3 is 6.09 Å². The predicted molar refractivity (Wildman–Crippen MR) is 139 cm³/mol. The van der Waals surface area contributed by atoms with Crippen molar-refractivity contribution in [1.82, 2.24) is 20.2 Å². The second kappa shape index (κ2) is 13.4. The molecule has 37 heavy (non-hydrogen) atoms. The zero-order valence-electron chi connectivity index (χ0n) is 21.6. The Kier molecular flexibility index (Phi) is 10.0. The van der Waals surface area contributed by atoms with Gasteiger partial charge < -0.3 is 24.4 Å². The third-order valence-electron chi connectivity index (χ3n) is 5.65. The highest BCUT2D eigenvalue weighted by atomic mass is 16.6. The van der Waals surface area contributed by atoms with Crippen molar-refractivity contribution in [3.05, 3.63) is 59.5 Å². The van der Waals surface area contributed by atoms with Crippen molar-refractivity contribution < 1.29 is 19.0 Å². The lowest BCUT2D eigenvalue weighted by molar-refractivity contribution is 0.0123. The van der Waals surface area contributed by atoms with Gasteiger partial charge in [0.15, 0.2) is 0 Å². The molecule has 0 radical (unpaired) electrons. The molecule has 1 amide bonds. The Hall–Kier alpha value is -3.89. The fourth-order valence-electron chi connectivity index (χ4n) is 3.75. The van der Waals surface area contributed by atoms with Crippen LogP contribution in [0.1, 0.15) is 46.5 Å². The molecule has 2 aromatic rings. The number of nitrogens with zero attached hydrogens (tertiary/aromatic N) is 5. The molecule has 0 aliphatic carbocycles. The Morgan fingerprint density at radius 2 is 1.38 bits per heavy atom. The molecule has 0 spiro atoms. The number of hydrogen-bond donors (Lipinski definition) is 1. The molecule has 2 aliphatic rings. The van der Waals surface area contributed by atoms with E-state index in [9.17, 15) is 4.79 Å². The number of nitrogens with one attached hydrogen (secondary N) is 1. The Morgan fingerprint density at radius 3 is 1.78 bits per heavy atom. The van der Waals surface area contributed by atoms with E-state index in [-0.39, 0.29) is 18.3 Å². The highest BCUT2D eigenvalue weighted by Crippen LogP contribution is 2.21. The number of likely N-dealkylation sites (tertiary alicyclic amines) is 1. The van der Waals surface area contributed by atoms with Crippen LogP contribution >= 0.6 is 0 Å². The lowest BCUT2D eigenvalue weighted by Gasteiger charge is -2.33. The number of carbonyl (C=O) groups is 1. The molecule has 0 atom stereocenters. The molecule has 196 valence electrons. The number of rotatable bonds is 4. The minimum Gasteiger partial charge on any atom is -0.474 e. The van der Waals surface area contributed by atoms with E-state index in [1.165, 1.54) is 6.20 Å². The number of carbonyl (C=O) groups excluding carboxylic acids is 1. The maximum absolute atomic E-state index is 12.0. The van der Waals surface area contributed by atoms with Crippen LogP contribution in [0.15, 0.2) is 36.7 Å². The minimum atomic E-state index is -0.473. The van der Waals surface area contributed by atoms with Gasteiger partial charge in [-0.15, -0.1) is 0 Å². The summed E-state index contributed by atoms with van der Waals surface area (Å²) >= 11 is 0. The average molecular weight is 507 g/mol. The molecule has 0 unspecified atom stereocenters. The Balaban J connectivity index is 0.000000220. The summed E-state index contributed by atoms with van der Waals surface area (Å²) < 4.78 is 16.9. The van der Waals surface area contributed by atoms with Crippen LogP contribution in [0, 0.1) is 13.1 Å². The van der Waals surface area contributed by atoms with Crippen molar-refractivity contribution >= 4 is 17.5 Å². The summed E-state index contributed by atoms with van der Waals surface area (Å²) in [6.45, 7) is 22.5. The molecule has 4 heterocycles. The van der Waals surface area contributed by atoms with Gasteiger partial charge in [0.25, 0.3) is 0 Å². The largest absolute Gasteiger partial charge is 0.474 e. The molecule has 4 rings (SSSR count). The molecule has 1 N–H and O–H groups in total. The van der Waals surface area contributed by atoms with Crippen LogP contribution in [0.3, 0.4) is 0 Å². The number of aromatic nitrogens is 2. The highest BCUT2D eigenvalue weighted by molar-refractivity contribution is 5.68. The van der Waals surface area contributed by atoms with Crippen molar-refractivity contribution in [2.45, 2.75) is 64.3 Å². The summed E-state index contributed by atoms with van der Waals surface area (Å²) in [7, 11) is 0. The number of ether oxygens (including phenoxy) is 3. The Morgan fingerprint density at radius 1 is 0.892 bits per heavy atom. The molecule has 0 aromatic carbocycles. The van der Waals surface area contributed by atoms with E-state index in [1.54, 1.807) is 35.4 Å². The quantitative estimate of drug-likeness (QED) is 0.572. The van der Waals surface area contributed by atoms with Gasteiger partial charge in [0.1, 0.15) is 17.8 Å². The molecular weight excluding hydrogens is 472 g/mol. The van der Waals surface area contributed by atoms with Gasteiger partial charge in [-0.2, -0.15) is 0 Å². The van der Waals surface area contributed by atoms with E-state index in [1.807, 2.05) is 20.8 Å². The first-order chi connectivity index (χ1) is 17.8. The number of piperidine rings is 2. The Bertz CT molecular complexity index is 1070. The first-order valence-electron chi connectivity index (χ1n) is 12.4. The second-order valence-corrected chi connectivity index (χ2v) is 9.78. The maximum atomic E-state index is 12.0. The molecule has 2 aliphatic heterocycles. The van der Waals surface area contributed by atoms with E-state index in [0.717, 1.165) is 38.8 Å². The van der Waals surface area contributed by atoms with Gasteiger partial charge in [-0.05, 0) is 71.0 Å². The lowest BCUT2D eigenvalue weighted by atomic mass is 10.1. The SMILES string of the molecule is [C-]#[N+]c1ccc(OC2CCN(C(=O)OC(C)(C)C)CC2)nc1.[C-]#[N+]c1ccc(OC2CCNCC2)nc1. The summed E-state index contributed by atoms with van der Waals surface area (Å²) in [6.07, 6.45) is 6.59. The molecular formula is C27H34N6O4. The van der Waals surface area contributed by atoms with Crippen LogP contribution in [0.4, 0.5) is 16.2 Å². The standard InChI is InChI=1S/C16H21N3O3.C11H13N3O/c1-16(2,3)22-15(20)19-9-7-13(8-10-19)21-14-6-5-12(17-4)11-18-14;1-12-9-2-3-11(14-8-9)15-10-4-6-13-7-5-10/h5-6,11,13H,7-10H2,1-3H3;2-3,8,10,13H,4-7H2. The van der Waals surface area contributed by atoms with Crippen LogP contribution in [-0.2, 0) is 4.74 Å². The van der Waals surface area contributed by atoms with Gasteiger partial charge in [-0.25, -0.2) is 24.5 Å². The van der Waals surface area contributed by atoms with Crippen molar-refractivity contribution in [2.24, 2.45) is 0 Å². The summed E-state index contributed by atoms with van der Waals surface area (Å²) in [5.74, 6) is 1.14. The molecule has 10 heteroatoms. The van der Waals surface area contributed by atoms with E-state index >= 15 is 0 Å². The van der Waals surface area contributed by atoms with Gasteiger partial charge in [0.2, 0.25) is 23.1 Å². The fraction of sp³-hybridized carbons (Fsp3) is 0.519. The third-order valence-corrected chi connectivity index (χ3v) is 5.65. The van der Waals surface area contributed by atoms with Gasteiger partial charge in [0, 0.05) is 38.3 Å². The number of pyridine rings is 2. The molecule has 0 bridgehead atoms. The molecule has 2 aromatic heterocycles. The molecule has 2 saturated heterocycles. The van der Waals surface area contributed by atoms with Crippen LogP contribution in [-0.4, -0.2) is 64.9 Å². The first kappa shape index (κ1) is 27.7. The van der Waals surface area contributed by atoms with Crippen molar-refractivity contribution in [3.63, 3.8) is 0 Å². The number of hydrogen-bond acceptors (Lipinski definition) is 7. The Labute approximate surface area is 218 Å². The lowest BCUT2D eigenvalue weighted by Crippen LogP contribution is -2.44. The smallest absolute Gasteiger partial charge is 0.410 e. The van der Waals surface area contributed by atoms with Crippen molar-refractivity contribution in [3.8, 4) is 11.8 Å². The van der Waals surface area contributed by atoms with Crippen molar-refractivity contribution in [1.29, 1.82) is 0 Å². The maximum Gasteiger partial charge on any atom is 0.410 e. The summed E-state index contributed by atoms with van der Waals surface area (Å²) in [5.41, 5.74) is 0.568. The normalized spacial score (nSPS) is 16.4. The second-order valence-electron chi connectivity index (χ2n) is 9.78. The number of amides is 1. The molecule has 10 nitrogen and oxygen atoms in total. The highest BCUT2D eigenvalue weighted by Gasteiger charge is 2.27. The van der Waals surface area contributed by atoms with Crippen LogP contribution < -0.4 is 14.8 Å². The zero-order valence-corrected chi connectivity index (χ0v) is 21.6. The van der Waals surface area contributed by atoms with Crippen LogP contribution in [0.2, 0.25) is 0 Å². The molecule has 0 saturated carbocycles. The fourth-order valence-corrected chi connectivity index (χ4v) is 3.75. The molecule has 2 fully saturated rings. The van der Waals surface area contributed by atoms with Crippen LogP contribution in [0.5, 0.6) is 11.8 Å². The third kappa shape index (κ3) is 9.59. The zero-order chi connectivity index (χ0) is 26.7. The summed E-state index contributed by atoms with van der Waals surface area (Å²) in [4.78, 5) is 28.4.